The fourth-order valence-corrected chi connectivity index (χ4v) is 2.58. The summed E-state index contributed by atoms with van der Waals surface area (Å²) in [5, 5.41) is 6.56. The molecule has 1 heterocycles. The number of carbonyl (C=O) groups is 1. The van der Waals surface area contributed by atoms with Crippen LogP contribution in [-0.2, 0) is 0 Å². The monoisotopic (exact) mass is 328 g/mol. The summed E-state index contributed by atoms with van der Waals surface area (Å²) in [6, 6.07) is 10.8. The molecule has 0 saturated carbocycles. The number of nitrogens with zero attached hydrogens (tertiary/aromatic N) is 2. The van der Waals surface area contributed by atoms with Crippen molar-refractivity contribution in [1.29, 1.82) is 0 Å². The van der Waals surface area contributed by atoms with E-state index in [4.69, 9.17) is 11.6 Å². The van der Waals surface area contributed by atoms with Crippen molar-refractivity contribution in [2.75, 3.05) is 20.1 Å². The fourth-order valence-electron chi connectivity index (χ4n) is 2.42. The molecule has 0 atom stereocenters. The van der Waals surface area contributed by atoms with Gasteiger partial charge in [-0.1, -0.05) is 17.7 Å². The van der Waals surface area contributed by atoms with Crippen LogP contribution in [0, 0.1) is 0 Å². The Morgan fingerprint density at radius 2 is 1.96 bits per heavy atom. The highest BCUT2D eigenvalue weighted by atomic mass is 35.5. The molecule has 3 aromatic rings. The Balaban J connectivity index is 1.98. The summed E-state index contributed by atoms with van der Waals surface area (Å²) in [6.07, 6.45) is 0.872. The molecule has 0 aliphatic carbocycles. The zero-order chi connectivity index (χ0) is 16.2. The zero-order valence-electron chi connectivity index (χ0n) is 12.8. The molecule has 6 heteroatoms. The van der Waals surface area contributed by atoms with Crippen molar-refractivity contribution >= 4 is 39.6 Å². The van der Waals surface area contributed by atoms with E-state index in [1.54, 1.807) is 18.2 Å². The van der Waals surface area contributed by atoms with Crippen LogP contribution in [0.3, 0.4) is 0 Å². The second-order valence-corrected chi connectivity index (χ2v) is 5.68. The number of hydrogen-bond acceptors (Lipinski definition) is 4. The van der Waals surface area contributed by atoms with Crippen molar-refractivity contribution in [3.05, 3.63) is 47.0 Å². The third-order valence-electron chi connectivity index (χ3n) is 3.56. The van der Waals surface area contributed by atoms with Gasteiger partial charge in [-0.25, -0.2) is 9.97 Å². The number of fused-ring (bicyclic) bond motifs is 2. The lowest BCUT2D eigenvalue weighted by atomic mass is 10.1. The predicted molar refractivity (Wildman–Crippen MR) is 92.9 cm³/mol. The van der Waals surface area contributed by atoms with Crippen LogP contribution in [0.4, 0.5) is 0 Å². The largest absolute Gasteiger partial charge is 0.352 e. The van der Waals surface area contributed by atoms with Crippen molar-refractivity contribution < 1.29 is 4.79 Å². The smallest absolute Gasteiger partial charge is 0.253 e. The molecule has 3 rings (SSSR count). The molecular weight excluding hydrogens is 312 g/mol. The van der Waals surface area contributed by atoms with Crippen molar-refractivity contribution in [3.8, 4) is 0 Å². The van der Waals surface area contributed by atoms with Gasteiger partial charge >= 0.3 is 0 Å². The zero-order valence-corrected chi connectivity index (χ0v) is 13.5. The molecular formula is C17H17ClN4O. The molecule has 1 aromatic heterocycles. The van der Waals surface area contributed by atoms with Gasteiger partial charge in [0, 0.05) is 11.6 Å². The highest BCUT2D eigenvalue weighted by Crippen LogP contribution is 2.21. The maximum Gasteiger partial charge on any atom is 0.253 e. The lowest BCUT2D eigenvalue weighted by Gasteiger charge is -2.08. The number of hydrogen-bond donors (Lipinski definition) is 2. The first kappa shape index (κ1) is 15.6. The van der Waals surface area contributed by atoms with Crippen LogP contribution in [0.15, 0.2) is 36.4 Å². The quantitative estimate of drug-likeness (QED) is 0.558. The molecule has 0 spiro atoms. The minimum atomic E-state index is -0.137. The summed E-state index contributed by atoms with van der Waals surface area (Å²) in [5.74, 6) is -0.137. The SMILES string of the molecule is CNCCCNC(=O)c1cccc2nc3ccc(Cl)cc3nc12. The van der Waals surface area contributed by atoms with Gasteiger partial charge in [0.1, 0.15) is 5.52 Å². The number of halogens is 1. The second kappa shape index (κ2) is 6.89. The summed E-state index contributed by atoms with van der Waals surface area (Å²) < 4.78 is 0. The second-order valence-electron chi connectivity index (χ2n) is 5.24. The Bertz CT molecular complexity index is 866. The number of amides is 1. The number of carbonyl (C=O) groups excluding carboxylic acids is 1. The number of benzene rings is 2. The molecule has 2 N–H and O–H groups in total. The molecule has 0 radical (unpaired) electrons. The van der Waals surface area contributed by atoms with E-state index in [1.165, 1.54) is 0 Å². The maximum absolute atomic E-state index is 12.4. The van der Waals surface area contributed by atoms with Crippen LogP contribution < -0.4 is 10.6 Å². The number of nitrogens with one attached hydrogen (secondary N) is 2. The van der Waals surface area contributed by atoms with Gasteiger partial charge in [0.2, 0.25) is 0 Å². The first-order valence-corrected chi connectivity index (χ1v) is 7.85. The summed E-state index contributed by atoms with van der Waals surface area (Å²) >= 11 is 6.02. The van der Waals surface area contributed by atoms with Gasteiger partial charge in [0.05, 0.1) is 22.1 Å². The molecule has 0 aliphatic rings. The van der Waals surface area contributed by atoms with E-state index in [2.05, 4.69) is 20.6 Å². The topological polar surface area (TPSA) is 66.9 Å². The van der Waals surface area contributed by atoms with E-state index in [-0.39, 0.29) is 5.91 Å². The Morgan fingerprint density at radius 1 is 1.09 bits per heavy atom. The predicted octanol–water partition coefficient (Wildman–Crippen LogP) is 2.78. The van der Waals surface area contributed by atoms with E-state index >= 15 is 0 Å². The van der Waals surface area contributed by atoms with Crippen LogP contribution >= 0.6 is 11.6 Å². The van der Waals surface area contributed by atoms with Crippen molar-refractivity contribution in [2.24, 2.45) is 0 Å². The molecule has 0 unspecified atom stereocenters. The minimum Gasteiger partial charge on any atom is -0.352 e. The maximum atomic E-state index is 12.4. The highest BCUT2D eigenvalue weighted by molar-refractivity contribution is 6.31. The third kappa shape index (κ3) is 3.41. The van der Waals surface area contributed by atoms with Crippen molar-refractivity contribution in [1.82, 2.24) is 20.6 Å². The van der Waals surface area contributed by atoms with Gasteiger partial charge < -0.3 is 10.6 Å². The molecule has 0 fully saturated rings. The molecule has 0 bridgehead atoms. The molecule has 0 saturated heterocycles. The van der Waals surface area contributed by atoms with Gasteiger partial charge in [-0.2, -0.15) is 0 Å². The normalized spacial score (nSPS) is 11.0. The molecule has 2 aromatic carbocycles. The van der Waals surface area contributed by atoms with E-state index in [1.807, 2.05) is 25.2 Å². The van der Waals surface area contributed by atoms with Crippen LogP contribution in [-0.4, -0.2) is 36.0 Å². The first-order chi connectivity index (χ1) is 11.2. The fraction of sp³-hybridized carbons (Fsp3) is 0.235. The van der Waals surface area contributed by atoms with E-state index < -0.39 is 0 Å². The van der Waals surface area contributed by atoms with E-state index in [0.717, 1.165) is 18.5 Å². The summed E-state index contributed by atoms with van der Waals surface area (Å²) in [5.41, 5.74) is 3.26. The molecule has 0 aliphatic heterocycles. The highest BCUT2D eigenvalue weighted by Gasteiger charge is 2.12. The molecule has 1 amide bonds. The summed E-state index contributed by atoms with van der Waals surface area (Å²) in [7, 11) is 1.89. The van der Waals surface area contributed by atoms with E-state index in [9.17, 15) is 4.79 Å². The van der Waals surface area contributed by atoms with Crippen LogP contribution in [0.5, 0.6) is 0 Å². The Labute approximate surface area is 139 Å². The first-order valence-electron chi connectivity index (χ1n) is 7.48. The number of para-hydroxylation sites is 1. The molecule has 118 valence electrons. The Morgan fingerprint density at radius 3 is 2.78 bits per heavy atom. The van der Waals surface area contributed by atoms with Gasteiger partial charge in [-0.3, -0.25) is 4.79 Å². The number of aromatic nitrogens is 2. The van der Waals surface area contributed by atoms with Crippen molar-refractivity contribution in [2.45, 2.75) is 6.42 Å². The molecule has 23 heavy (non-hydrogen) atoms. The van der Waals surface area contributed by atoms with Gasteiger partial charge in [0.15, 0.2) is 0 Å². The minimum absolute atomic E-state index is 0.137. The van der Waals surface area contributed by atoms with Gasteiger partial charge in [-0.15, -0.1) is 0 Å². The third-order valence-corrected chi connectivity index (χ3v) is 3.79. The standard InChI is InChI=1S/C17H17ClN4O/c1-19-8-3-9-20-17(23)12-4-2-5-14-16(12)22-15-10-11(18)6-7-13(15)21-14/h2,4-7,10,19H,3,8-9H2,1H3,(H,20,23). The van der Waals surface area contributed by atoms with Gasteiger partial charge in [0.25, 0.3) is 5.91 Å². The van der Waals surface area contributed by atoms with Crippen molar-refractivity contribution in [3.63, 3.8) is 0 Å². The average molecular weight is 329 g/mol. The Kier molecular flexibility index (Phi) is 4.69. The summed E-state index contributed by atoms with van der Waals surface area (Å²) in [6.45, 7) is 1.47. The van der Waals surface area contributed by atoms with Crippen LogP contribution in [0.1, 0.15) is 16.8 Å². The van der Waals surface area contributed by atoms with E-state index in [0.29, 0.717) is 33.7 Å². The van der Waals surface area contributed by atoms with Crippen LogP contribution in [0.25, 0.3) is 22.1 Å². The van der Waals surface area contributed by atoms with Crippen LogP contribution in [0.2, 0.25) is 5.02 Å². The van der Waals surface area contributed by atoms with Gasteiger partial charge in [-0.05, 0) is 50.3 Å². The number of rotatable bonds is 5. The molecule has 5 nitrogen and oxygen atoms in total. The lowest BCUT2D eigenvalue weighted by molar-refractivity contribution is 0.0955. The summed E-state index contributed by atoms with van der Waals surface area (Å²) in [4.78, 5) is 21.5. The average Bonchev–Trinajstić information content (AvgIpc) is 2.56. The Hall–Kier alpha value is -2.24. The lowest BCUT2D eigenvalue weighted by Crippen LogP contribution is -2.26.